The van der Waals surface area contributed by atoms with E-state index < -0.39 is 0 Å². The Morgan fingerprint density at radius 1 is 1.10 bits per heavy atom. The number of aromatic nitrogens is 1. The summed E-state index contributed by atoms with van der Waals surface area (Å²) in [6.45, 7) is 7.99. The van der Waals surface area contributed by atoms with Gasteiger partial charge < -0.3 is 4.74 Å². The number of benzene rings is 1. The van der Waals surface area contributed by atoms with Gasteiger partial charge in [0.2, 0.25) is 0 Å². The lowest BCUT2D eigenvalue weighted by Gasteiger charge is -2.11. The highest BCUT2D eigenvalue weighted by molar-refractivity contribution is 5.75. The van der Waals surface area contributed by atoms with Gasteiger partial charge >= 0.3 is 0 Å². The van der Waals surface area contributed by atoms with Gasteiger partial charge in [0.05, 0.1) is 7.11 Å². The average molecular weight is 268 g/mol. The second-order valence-corrected chi connectivity index (χ2v) is 4.14. The van der Waals surface area contributed by atoms with Crippen LogP contribution < -0.4 is 4.74 Å². The van der Waals surface area contributed by atoms with E-state index in [1.807, 2.05) is 52.0 Å². The lowest BCUT2D eigenvalue weighted by Crippen LogP contribution is -1.95. The number of aryl methyl sites for hydroxylation is 2. The third-order valence-electron chi connectivity index (χ3n) is 2.97. The minimum absolute atomic E-state index is 0.461. The molecular weight excluding hydrogens is 248 g/mol. The summed E-state index contributed by atoms with van der Waals surface area (Å²) in [5, 5.41) is 9.16. The van der Waals surface area contributed by atoms with E-state index in [2.05, 4.69) is 11.1 Å². The second kappa shape index (κ2) is 7.30. The first-order chi connectivity index (χ1) is 9.67. The van der Waals surface area contributed by atoms with Crippen LogP contribution in [0.2, 0.25) is 0 Å². The largest absolute Gasteiger partial charge is 0.497 e. The molecule has 0 aliphatic rings. The van der Waals surface area contributed by atoms with Crippen LogP contribution in [0.3, 0.4) is 0 Å². The molecule has 0 saturated heterocycles. The van der Waals surface area contributed by atoms with Crippen LogP contribution in [0.25, 0.3) is 11.1 Å². The molecule has 1 heterocycles. The van der Waals surface area contributed by atoms with Crippen LogP contribution in [0, 0.1) is 25.2 Å². The summed E-state index contributed by atoms with van der Waals surface area (Å²) in [5.74, 6) is 0.816. The maximum absolute atomic E-state index is 9.16. The normalized spacial score (nSPS) is 9.20. The van der Waals surface area contributed by atoms with E-state index in [-0.39, 0.29) is 0 Å². The lowest BCUT2D eigenvalue weighted by molar-refractivity contribution is 0.414. The molecule has 0 N–H and O–H groups in total. The summed E-state index contributed by atoms with van der Waals surface area (Å²) < 4.78 is 5.19. The third-order valence-corrected chi connectivity index (χ3v) is 2.97. The highest BCUT2D eigenvalue weighted by atomic mass is 16.5. The Kier molecular flexibility index (Phi) is 5.74. The minimum Gasteiger partial charge on any atom is -0.497 e. The van der Waals surface area contributed by atoms with Crippen LogP contribution in [0.4, 0.5) is 0 Å². The molecule has 20 heavy (non-hydrogen) atoms. The minimum atomic E-state index is 0.461. The molecule has 0 fully saturated rings. The Hall–Kier alpha value is -2.34. The molecule has 0 saturated carbocycles. The average Bonchev–Trinajstić information content (AvgIpc) is 2.49. The first kappa shape index (κ1) is 15.7. The van der Waals surface area contributed by atoms with Crippen LogP contribution >= 0.6 is 0 Å². The maximum atomic E-state index is 9.16. The summed E-state index contributed by atoms with van der Waals surface area (Å²) >= 11 is 0. The fraction of sp³-hybridized carbons (Fsp3) is 0.294. The zero-order chi connectivity index (χ0) is 15.1. The number of pyridine rings is 1. The molecule has 0 atom stereocenters. The Balaban J connectivity index is 0.000000956. The van der Waals surface area contributed by atoms with Crippen molar-refractivity contribution in [3.63, 3.8) is 0 Å². The number of nitrogens with zero attached hydrogens (tertiary/aromatic N) is 2. The maximum Gasteiger partial charge on any atom is 0.148 e. The van der Waals surface area contributed by atoms with Gasteiger partial charge in [-0.15, -0.1) is 0 Å². The molecule has 0 unspecified atom stereocenters. The molecule has 1 aromatic heterocycles. The molecular formula is C17H20N2O. The molecule has 3 heteroatoms. The van der Waals surface area contributed by atoms with Crippen molar-refractivity contribution in [2.45, 2.75) is 27.7 Å². The van der Waals surface area contributed by atoms with Crippen molar-refractivity contribution in [1.82, 2.24) is 4.98 Å². The van der Waals surface area contributed by atoms with E-state index in [9.17, 15) is 0 Å². The van der Waals surface area contributed by atoms with Gasteiger partial charge in [-0.2, -0.15) is 5.26 Å². The van der Waals surface area contributed by atoms with E-state index in [1.54, 1.807) is 13.3 Å². The predicted molar refractivity (Wildman–Crippen MR) is 81.8 cm³/mol. The van der Waals surface area contributed by atoms with Crippen molar-refractivity contribution in [3.8, 4) is 22.9 Å². The van der Waals surface area contributed by atoms with Gasteiger partial charge in [-0.1, -0.05) is 19.9 Å². The van der Waals surface area contributed by atoms with Gasteiger partial charge in [0.25, 0.3) is 0 Å². The Labute approximate surface area is 120 Å². The monoisotopic (exact) mass is 268 g/mol. The molecule has 104 valence electrons. The zero-order valence-corrected chi connectivity index (χ0v) is 12.7. The van der Waals surface area contributed by atoms with Crippen molar-refractivity contribution in [2.24, 2.45) is 0 Å². The standard InChI is InChI=1S/C15H14N2O.C2H6/c1-10-6-7-17-14(9-16)15(10)13-5-4-12(18-3)8-11(13)2;1-2/h4-8H,1-3H3;1-2H3. The van der Waals surface area contributed by atoms with Crippen LogP contribution in [-0.4, -0.2) is 12.1 Å². The Bertz CT molecular complexity index is 627. The molecule has 0 bridgehead atoms. The number of rotatable bonds is 2. The number of nitriles is 1. The Morgan fingerprint density at radius 2 is 1.80 bits per heavy atom. The van der Waals surface area contributed by atoms with Gasteiger partial charge in [-0.3, -0.25) is 0 Å². The van der Waals surface area contributed by atoms with E-state index in [4.69, 9.17) is 10.00 Å². The van der Waals surface area contributed by atoms with Crippen molar-refractivity contribution in [2.75, 3.05) is 7.11 Å². The van der Waals surface area contributed by atoms with E-state index >= 15 is 0 Å². The van der Waals surface area contributed by atoms with Crippen LogP contribution in [0.5, 0.6) is 5.75 Å². The van der Waals surface area contributed by atoms with Crippen LogP contribution in [0.1, 0.15) is 30.7 Å². The van der Waals surface area contributed by atoms with Crippen molar-refractivity contribution < 1.29 is 4.74 Å². The quantitative estimate of drug-likeness (QED) is 0.817. The van der Waals surface area contributed by atoms with E-state index in [0.29, 0.717) is 5.69 Å². The molecule has 1 aromatic carbocycles. The fourth-order valence-corrected chi connectivity index (χ4v) is 2.03. The second-order valence-electron chi connectivity index (χ2n) is 4.14. The number of methoxy groups -OCH3 is 1. The first-order valence-corrected chi connectivity index (χ1v) is 6.68. The lowest BCUT2D eigenvalue weighted by atomic mass is 9.95. The molecule has 0 aliphatic carbocycles. The summed E-state index contributed by atoms with van der Waals surface area (Å²) in [6.07, 6.45) is 1.66. The van der Waals surface area contributed by atoms with Gasteiger partial charge in [0.1, 0.15) is 17.5 Å². The van der Waals surface area contributed by atoms with E-state index in [0.717, 1.165) is 28.0 Å². The van der Waals surface area contributed by atoms with Crippen molar-refractivity contribution in [3.05, 3.63) is 47.3 Å². The molecule has 0 aliphatic heterocycles. The van der Waals surface area contributed by atoms with Gasteiger partial charge in [0.15, 0.2) is 0 Å². The summed E-state index contributed by atoms with van der Waals surface area (Å²) in [5.41, 5.74) is 4.51. The molecule has 2 rings (SSSR count). The van der Waals surface area contributed by atoms with Crippen LogP contribution in [-0.2, 0) is 0 Å². The molecule has 0 spiro atoms. The number of hydrogen-bond donors (Lipinski definition) is 0. The van der Waals surface area contributed by atoms with Gasteiger partial charge in [-0.25, -0.2) is 4.98 Å². The molecule has 2 aromatic rings. The third kappa shape index (κ3) is 3.16. The number of ether oxygens (including phenoxy) is 1. The zero-order valence-electron chi connectivity index (χ0n) is 12.7. The van der Waals surface area contributed by atoms with E-state index in [1.165, 1.54) is 0 Å². The summed E-state index contributed by atoms with van der Waals surface area (Å²) in [7, 11) is 1.64. The topological polar surface area (TPSA) is 45.9 Å². The summed E-state index contributed by atoms with van der Waals surface area (Å²) in [6, 6.07) is 9.90. The van der Waals surface area contributed by atoms with Crippen LogP contribution in [0.15, 0.2) is 30.5 Å². The Morgan fingerprint density at radius 3 is 2.35 bits per heavy atom. The fourth-order valence-electron chi connectivity index (χ4n) is 2.03. The highest BCUT2D eigenvalue weighted by Crippen LogP contribution is 2.30. The van der Waals surface area contributed by atoms with Gasteiger partial charge in [0, 0.05) is 11.8 Å². The SMILES string of the molecule is CC.COc1ccc(-c2c(C)ccnc2C#N)c(C)c1. The predicted octanol–water partition coefficient (Wildman–Crippen LogP) is 4.27. The molecule has 0 amide bonds. The number of hydrogen-bond acceptors (Lipinski definition) is 3. The highest BCUT2D eigenvalue weighted by Gasteiger charge is 2.11. The molecule has 3 nitrogen and oxygen atoms in total. The smallest absolute Gasteiger partial charge is 0.148 e. The first-order valence-electron chi connectivity index (χ1n) is 6.68. The van der Waals surface area contributed by atoms with Gasteiger partial charge in [-0.05, 0) is 48.7 Å². The summed E-state index contributed by atoms with van der Waals surface area (Å²) in [4.78, 5) is 4.13. The van der Waals surface area contributed by atoms with Crippen molar-refractivity contribution in [1.29, 1.82) is 5.26 Å². The molecule has 0 radical (unpaired) electrons. The van der Waals surface area contributed by atoms with Crippen molar-refractivity contribution >= 4 is 0 Å².